The molecule has 17 heavy (non-hydrogen) atoms. The zero-order valence-corrected chi connectivity index (χ0v) is 11.1. The Balaban J connectivity index is 2.05. The Morgan fingerprint density at radius 3 is 2.88 bits per heavy atom. The number of likely N-dealkylation sites (tertiary alicyclic amines) is 1. The van der Waals surface area contributed by atoms with Crippen molar-refractivity contribution in [3.8, 4) is 0 Å². The third kappa shape index (κ3) is 5.61. The first-order valence-corrected chi connectivity index (χ1v) is 6.59. The highest BCUT2D eigenvalue weighted by atomic mass is 16.5. The number of rotatable bonds is 8. The summed E-state index contributed by atoms with van der Waals surface area (Å²) >= 11 is 0. The first kappa shape index (κ1) is 14.6. The van der Waals surface area contributed by atoms with E-state index in [2.05, 4.69) is 11.8 Å². The van der Waals surface area contributed by atoms with Gasteiger partial charge in [-0.3, -0.25) is 9.69 Å². The van der Waals surface area contributed by atoms with E-state index in [0.717, 1.165) is 52.3 Å². The van der Waals surface area contributed by atoms with E-state index in [0.29, 0.717) is 12.2 Å². The monoisotopic (exact) mass is 243 g/mol. The van der Waals surface area contributed by atoms with Gasteiger partial charge in [-0.2, -0.15) is 0 Å². The van der Waals surface area contributed by atoms with Crippen LogP contribution in [0.4, 0.5) is 0 Å². The zero-order chi connectivity index (χ0) is 12.5. The molecule has 1 saturated heterocycles. The van der Waals surface area contributed by atoms with Crippen LogP contribution in [-0.2, 0) is 14.3 Å². The molecule has 4 heteroatoms. The summed E-state index contributed by atoms with van der Waals surface area (Å²) in [6.07, 6.45) is 2.62. The summed E-state index contributed by atoms with van der Waals surface area (Å²) in [7, 11) is 1.70. The van der Waals surface area contributed by atoms with Crippen molar-refractivity contribution in [3.05, 3.63) is 0 Å². The minimum atomic E-state index is 0.247. The highest BCUT2D eigenvalue weighted by molar-refractivity contribution is 5.82. The van der Waals surface area contributed by atoms with Crippen molar-refractivity contribution >= 4 is 5.78 Å². The quantitative estimate of drug-likeness (QED) is 0.603. The maximum Gasteiger partial charge on any atom is 0.138 e. The van der Waals surface area contributed by atoms with Crippen LogP contribution in [0.3, 0.4) is 0 Å². The lowest BCUT2D eigenvalue weighted by Crippen LogP contribution is -2.42. The first-order chi connectivity index (χ1) is 8.27. The number of carbonyl (C=O) groups is 1. The molecule has 0 N–H and O–H groups in total. The minimum Gasteiger partial charge on any atom is -0.385 e. The second kappa shape index (κ2) is 8.61. The topological polar surface area (TPSA) is 38.8 Å². The molecule has 4 nitrogen and oxygen atoms in total. The Bertz CT molecular complexity index is 221. The van der Waals surface area contributed by atoms with Gasteiger partial charge in [-0.05, 0) is 12.8 Å². The van der Waals surface area contributed by atoms with E-state index in [1.165, 1.54) is 0 Å². The van der Waals surface area contributed by atoms with Crippen molar-refractivity contribution in [1.82, 2.24) is 4.90 Å². The summed E-state index contributed by atoms with van der Waals surface area (Å²) in [6.45, 7) is 7.12. The fourth-order valence-corrected chi connectivity index (χ4v) is 2.14. The van der Waals surface area contributed by atoms with Crippen LogP contribution in [0.2, 0.25) is 0 Å². The lowest BCUT2D eigenvalue weighted by atomic mass is 9.94. The molecule has 1 unspecified atom stereocenters. The summed E-state index contributed by atoms with van der Waals surface area (Å²) in [5.74, 6) is 0.682. The largest absolute Gasteiger partial charge is 0.385 e. The fourth-order valence-electron chi connectivity index (χ4n) is 2.14. The van der Waals surface area contributed by atoms with Gasteiger partial charge in [0.05, 0.1) is 6.61 Å². The van der Waals surface area contributed by atoms with Crippen molar-refractivity contribution in [2.24, 2.45) is 5.92 Å². The number of piperidine rings is 1. The van der Waals surface area contributed by atoms with Gasteiger partial charge in [0.25, 0.3) is 0 Å². The second-order valence-electron chi connectivity index (χ2n) is 4.58. The Kier molecular flexibility index (Phi) is 7.40. The summed E-state index contributed by atoms with van der Waals surface area (Å²) in [5, 5.41) is 0. The SMILES string of the molecule is CCC1CN(CCOCCCOC)CCC1=O. The number of hydrogen-bond acceptors (Lipinski definition) is 4. The van der Waals surface area contributed by atoms with Gasteiger partial charge in [0.1, 0.15) is 5.78 Å². The molecule has 1 heterocycles. The predicted molar refractivity (Wildman–Crippen MR) is 67.2 cm³/mol. The van der Waals surface area contributed by atoms with Crippen molar-refractivity contribution in [3.63, 3.8) is 0 Å². The van der Waals surface area contributed by atoms with Crippen LogP contribution in [0, 0.1) is 5.92 Å². The number of ether oxygens (including phenoxy) is 2. The van der Waals surface area contributed by atoms with Gasteiger partial charge in [0.2, 0.25) is 0 Å². The molecule has 0 bridgehead atoms. The van der Waals surface area contributed by atoms with Gasteiger partial charge in [0.15, 0.2) is 0 Å². The maximum absolute atomic E-state index is 11.5. The lowest BCUT2D eigenvalue weighted by Gasteiger charge is -2.31. The third-order valence-electron chi connectivity index (χ3n) is 3.29. The Morgan fingerprint density at radius 1 is 1.35 bits per heavy atom. The number of methoxy groups -OCH3 is 1. The van der Waals surface area contributed by atoms with Gasteiger partial charge in [-0.25, -0.2) is 0 Å². The molecule has 0 aromatic rings. The average Bonchev–Trinajstić information content (AvgIpc) is 2.35. The van der Waals surface area contributed by atoms with Crippen molar-refractivity contribution in [2.75, 3.05) is 46.6 Å². The van der Waals surface area contributed by atoms with Gasteiger partial charge in [-0.1, -0.05) is 6.92 Å². The van der Waals surface area contributed by atoms with Crippen LogP contribution in [-0.4, -0.2) is 57.2 Å². The number of nitrogens with zero attached hydrogens (tertiary/aromatic N) is 1. The molecule has 1 atom stereocenters. The first-order valence-electron chi connectivity index (χ1n) is 6.59. The molecule has 0 saturated carbocycles. The molecule has 0 aromatic carbocycles. The predicted octanol–water partition coefficient (Wildman–Crippen LogP) is 1.34. The van der Waals surface area contributed by atoms with Crippen LogP contribution in [0.5, 0.6) is 0 Å². The molecule has 0 aromatic heterocycles. The number of Topliss-reactive ketones (excluding diaryl/α,β-unsaturated/α-hetero) is 1. The molecule has 1 aliphatic heterocycles. The highest BCUT2D eigenvalue weighted by Gasteiger charge is 2.24. The molecule has 1 fully saturated rings. The molecule has 100 valence electrons. The molecule has 0 spiro atoms. The van der Waals surface area contributed by atoms with Gasteiger partial charge in [-0.15, -0.1) is 0 Å². The van der Waals surface area contributed by atoms with E-state index in [4.69, 9.17) is 9.47 Å². The Hall–Kier alpha value is -0.450. The summed E-state index contributed by atoms with van der Waals surface area (Å²) in [5.41, 5.74) is 0. The van der Waals surface area contributed by atoms with E-state index in [9.17, 15) is 4.79 Å². The standard InChI is InChI=1S/C13H25NO3/c1-3-12-11-14(6-5-13(12)15)7-10-17-9-4-8-16-2/h12H,3-11H2,1-2H3. The zero-order valence-electron chi connectivity index (χ0n) is 11.1. The van der Waals surface area contributed by atoms with Gasteiger partial charge in [0, 0.05) is 52.3 Å². The Morgan fingerprint density at radius 2 is 2.18 bits per heavy atom. The Labute approximate surface area is 104 Å². The smallest absolute Gasteiger partial charge is 0.138 e. The molecule has 0 radical (unpaired) electrons. The number of carbonyl (C=O) groups excluding carboxylic acids is 1. The van der Waals surface area contributed by atoms with Crippen LogP contribution >= 0.6 is 0 Å². The van der Waals surface area contributed by atoms with Crippen molar-refractivity contribution < 1.29 is 14.3 Å². The van der Waals surface area contributed by atoms with Crippen LogP contribution < -0.4 is 0 Å². The summed E-state index contributed by atoms with van der Waals surface area (Å²) < 4.78 is 10.5. The summed E-state index contributed by atoms with van der Waals surface area (Å²) in [4.78, 5) is 13.9. The lowest BCUT2D eigenvalue weighted by molar-refractivity contribution is -0.126. The number of hydrogen-bond donors (Lipinski definition) is 0. The molecule has 1 aliphatic rings. The maximum atomic E-state index is 11.5. The van der Waals surface area contributed by atoms with Gasteiger partial charge < -0.3 is 9.47 Å². The molecule has 0 aliphatic carbocycles. The average molecular weight is 243 g/mol. The van der Waals surface area contributed by atoms with E-state index in [1.807, 2.05) is 0 Å². The van der Waals surface area contributed by atoms with E-state index >= 15 is 0 Å². The third-order valence-corrected chi connectivity index (χ3v) is 3.29. The van der Waals surface area contributed by atoms with Gasteiger partial charge >= 0.3 is 0 Å². The van der Waals surface area contributed by atoms with Crippen LogP contribution in [0.15, 0.2) is 0 Å². The fraction of sp³-hybridized carbons (Fsp3) is 0.923. The molecule has 1 rings (SSSR count). The molecular weight excluding hydrogens is 218 g/mol. The van der Waals surface area contributed by atoms with E-state index in [1.54, 1.807) is 7.11 Å². The second-order valence-corrected chi connectivity index (χ2v) is 4.58. The van der Waals surface area contributed by atoms with Crippen molar-refractivity contribution in [1.29, 1.82) is 0 Å². The van der Waals surface area contributed by atoms with Crippen LogP contribution in [0.25, 0.3) is 0 Å². The minimum absolute atomic E-state index is 0.247. The number of ketones is 1. The van der Waals surface area contributed by atoms with Crippen molar-refractivity contribution in [2.45, 2.75) is 26.2 Å². The summed E-state index contributed by atoms with van der Waals surface area (Å²) in [6, 6.07) is 0. The highest BCUT2D eigenvalue weighted by Crippen LogP contribution is 2.15. The molecular formula is C13H25NO3. The molecule has 0 amide bonds. The van der Waals surface area contributed by atoms with Crippen LogP contribution in [0.1, 0.15) is 26.2 Å². The normalized spacial score (nSPS) is 22.0. The van der Waals surface area contributed by atoms with E-state index in [-0.39, 0.29) is 5.92 Å². The van der Waals surface area contributed by atoms with E-state index < -0.39 is 0 Å².